The van der Waals surface area contributed by atoms with E-state index in [1.807, 2.05) is 0 Å². The molecular formula is C31H53O9P. The Balaban J connectivity index is 4.31. The van der Waals surface area contributed by atoms with Crippen molar-refractivity contribution in [3.63, 3.8) is 0 Å². The lowest BCUT2D eigenvalue weighted by Crippen LogP contribution is -2.07. The first-order valence-corrected chi connectivity index (χ1v) is 16.3. The molecule has 0 spiro atoms. The van der Waals surface area contributed by atoms with E-state index in [-0.39, 0.29) is 37.5 Å². The summed E-state index contributed by atoms with van der Waals surface area (Å²) in [6.07, 6.45) is 11.1. The highest BCUT2D eigenvalue weighted by Gasteiger charge is 2.26. The molecule has 0 unspecified atom stereocenters. The minimum Gasteiger partial charge on any atom is -0.462 e. The van der Waals surface area contributed by atoms with Gasteiger partial charge in [0.05, 0.1) is 33.0 Å². The SMILES string of the molecule is C=C(C)C(=O)CCCCCCCOP(=O)(OCCCCCCOC(=O)C(=C)C)OCCCCCCOC(=O)C(=C)C. The minimum absolute atomic E-state index is 0.112. The molecule has 0 aliphatic rings. The van der Waals surface area contributed by atoms with Gasteiger partial charge in [-0.2, -0.15) is 0 Å². The average Bonchev–Trinajstić information content (AvgIpc) is 2.92. The summed E-state index contributed by atoms with van der Waals surface area (Å²) < 4.78 is 40.1. The molecule has 9 nitrogen and oxygen atoms in total. The number of ether oxygens (including phenoxy) is 2. The van der Waals surface area contributed by atoms with Crippen molar-refractivity contribution in [2.75, 3.05) is 33.0 Å². The Bertz CT molecular complexity index is 756. The van der Waals surface area contributed by atoms with Crippen molar-refractivity contribution in [2.45, 2.75) is 111 Å². The first kappa shape index (κ1) is 38.9. The van der Waals surface area contributed by atoms with E-state index in [4.69, 9.17) is 23.0 Å². The van der Waals surface area contributed by atoms with Gasteiger partial charge in [-0.25, -0.2) is 14.2 Å². The normalized spacial score (nSPS) is 11.2. The summed E-state index contributed by atoms with van der Waals surface area (Å²) >= 11 is 0. The molecular weight excluding hydrogens is 547 g/mol. The van der Waals surface area contributed by atoms with E-state index in [1.165, 1.54) is 0 Å². The number of carbonyl (C=O) groups is 3. The van der Waals surface area contributed by atoms with Crippen LogP contribution in [0.1, 0.15) is 111 Å². The Kier molecular flexibility index (Phi) is 23.3. The van der Waals surface area contributed by atoms with Crippen LogP contribution in [-0.4, -0.2) is 50.8 Å². The molecule has 41 heavy (non-hydrogen) atoms. The standard InChI is InChI=1S/C31H53O9P/c1-26(2)29(32)20-14-8-7-9-17-23-38-41(35,39-24-18-12-10-15-21-36-30(33)27(3)4)40-25-19-13-11-16-22-37-31(34)28(5)6/h1,3,5,7-25H2,2,4,6H3. The van der Waals surface area contributed by atoms with Crippen molar-refractivity contribution in [3.05, 3.63) is 36.5 Å². The Morgan fingerprint density at radius 1 is 0.488 bits per heavy atom. The van der Waals surface area contributed by atoms with Crippen LogP contribution in [-0.2, 0) is 42.0 Å². The Morgan fingerprint density at radius 2 is 0.805 bits per heavy atom. The molecule has 236 valence electrons. The van der Waals surface area contributed by atoms with Crippen LogP contribution < -0.4 is 0 Å². The van der Waals surface area contributed by atoms with Gasteiger partial charge in [-0.15, -0.1) is 0 Å². The van der Waals surface area contributed by atoms with Gasteiger partial charge in [-0.1, -0.05) is 51.8 Å². The van der Waals surface area contributed by atoms with E-state index in [0.29, 0.717) is 49.2 Å². The third kappa shape index (κ3) is 23.2. The number of esters is 2. The molecule has 0 aromatic rings. The van der Waals surface area contributed by atoms with Crippen molar-refractivity contribution in [3.8, 4) is 0 Å². The van der Waals surface area contributed by atoms with Gasteiger partial charge in [0.25, 0.3) is 0 Å². The molecule has 0 aliphatic heterocycles. The molecule has 0 aromatic carbocycles. The lowest BCUT2D eigenvalue weighted by molar-refractivity contribution is -0.139. The third-order valence-corrected chi connectivity index (χ3v) is 7.51. The predicted molar refractivity (Wildman–Crippen MR) is 161 cm³/mol. The number of Topliss-reactive ketones (excluding diaryl/α,β-unsaturated/α-hetero) is 1. The Hall–Kier alpha value is -2.06. The lowest BCUT2D eigenvalue weighted by atomic mass is 10.1. The third-order valence-electron chi connectivity index (χ3n) is 6.01. The van der Waals surface area contributed by atoms with Crippen molar-refractivity contribution >= 4 is 25.5 Å². The molecule has 0 aromatic heterocycles. The number of rotatable bonds is 28. The molecule has 0 heterocycles. The van der Waals surface area contributed by atoms with Crippen LogP contribution in [0.5, 0.6) is 0 Å². The number of unbranched alkanes of at least 4 members (excludes halogenated alkanes) is 10. The van der Waals surface area contributed by atoms with Crippen LogP contribution in [0.15, 0.2) is 36.5 Å². The molecule has 0 amide bonds. The fourth-order valence-electron chi connectivity index (χ4n) is 3.46. The Labute approximate surface area is 247 Å². The maximum Gasteiger partial charge on any atom is 0.474 e. The van der Waals surface area contributed by atoms with Gasteiger partial charge < -0.3 is 9.47 Å². The number of allylic oxidation sites excluding steroid dienone is 1. The number of hydrogen-bond donors (Lipinski definition) is 0. The van der Waals surface area contributed by atoms with Crippen molar-refractivity contribution in [1.29, 1.82) is 0 Å². The van der Waals surface area contributed by atoms with Gasteiger partial charge in [-0.3, -0.25) is 18.4 Å². The van der Waals surface area contributed by atoms with Crippen molar-refractivity contribution < 1.29 is 42.0 Å². The zero-order chi connectivity index (χ0) is 30.9. The molecule has 0 bridgehead atoms. The largest absolute Gasteiger partial charge is 0.474 e. The highest BCUT2D eigenvalue weighted by Crippen LogP contribution is 2.50. The minimum atomic E-state index is -3.69. The zero-order valence-electron chi connectivity index (χ0n) is 25.7. The van der Waals surface area contributed by atoms with Gasteiger partial charge in [0.2, 0.25) is 0 Å². The fourth-order valence-corrected chi connectivity index (χ4v) is 4.75. The van der Waals surface area contributed by atoms with Gasteiger partial charge in [0, 0.05) is 17.6 Å². The number of phosphoric acid groups is 1. The molecule has 0 fully saturated rings. The molecule has 0 saturated carbocycles. The number of carbonyl (C=O) groups excluding carboxylic acids is 3. The van der Waals surface area contributed by atoms with Crippen molar-refractivity contribution in [1.82, 2.24) is 0 Å². The van der Waals surface area contributed by atoms with E-state index in [1.54, 1.807) is 20.8 Å². The van der Waals surface area contributed by atoms with Crippen LogP contribution in [0.4, 0.5) is 0 Å². The lowest BCUT2D eigenvalue weighted by Gasteiger charge is -2.18. The summed E-state index contributed by atoms with van der Waals surface area (Å²) in [5.74, 6) is -0.652. The van der Waals surface area contributed by atoms with E-state index in [0.717, 1.165) is 70.6 Å². The summed E-state index contributed by atoms with van der Waals surface area (Å²) in [5.41, 5.74) is 1.36. The fraction of sp³-hybridized carbons (Fsp3) is 0.710. The molecule has 0 atom stereocenters. The maximum absolute atomic E-state index is 13.2. The quantitative estimate of drug-likeness (QED) is 0.0381. The van der Waals surface area contributed by atoms with E-state index < -0.39 is 7.82 Å². The monoisotopic (exact) mass is 600 g/mol. The number of ketones is 1. The average molecular weight is 601 g/mol. The predicted octanol–water partition coefficient (Wildman–Crippen LogP) is 7.99. The summed E-state index contributed by atoms with van der Waals surface area (Å²) in [6, 6.07) is 0. The van der Waals surface area contributed by atoms with Gasteiger partial charge in [0.15, 0.2) is 5.78 Å². The first-order chi connectivity index (χ1) is 19.5. The second-order valence-electron chi connectivity index (χ2n) is 10.3. The summed E-state index contributed by atoms with van der Waals surface area (Å²) in [7, 11) is -3.69. The van der Waals surface area contributed by atoms with Crippen molar-refractivity contribution in [2.24, 2.45) is 0 Å². The second kappa shape index (κ2) is 24.5. The molecule has 0 radical (unpaired) electrons. The summed E-state index contributed by atoms with van der Waals surface area (Å²) in [5, 5.41) is 0. The number of hydrogen-bond acceptors (Lipinski definition) is 9. The van der Waals surface area contributed by atoms with Crippen LogP contribution >= 0.6 is 7.82 Å². The second-order valence-corrected chi connectivity index (χ2v) is 12.0. The number of phosphoric ester groups is 1. The Morgan fingerprint density at radius 3 is 1.15 bits per heavy atom. The molecule has 0 rings (SSSR count). The molecule has 10 heteroatoms. The maximum atomic E-state index is 13.2. The zero-order valence-corrected chi connectivity index (χ0v) is 26.6. The molecule has 0 saturated heterocycles. The highest BCUT2D eigenvalue weighted by molar-refractivity contribution is 7.48. The molecule has 0 aliphatic carbocycles. The van der Waals surface area contributed by atoms with Gasteiger partial charge in [0.1, 0.15) is 0 Å². The van der Waals surface area contributed by atoms with Gasteiger partial charge in [-0.05, 0) is 77.7 Å². The van der Waals surface area contributed by atoms with Crippen LogP contribution in [0.2, 0.25) is 0 Å². The van der Waals surface area contributed by atoms with E-state index >= 15 is 0 Å². The van der Waals surface area contributed by atoms with Crippen LogP contribution in [0.25, 0.3) is 0 Å². The first-order valence-electron chi connectivity index (χ1n) is 14.9. The molecule has 0 N–H and O–H groups in total. The van der Waals surface area contributed by atoms with Crippen LogP contribution in [0, 0.1) is 0 Å². The van der Waals surface area contributed by atoms with E-state index in [2.05, 4.69) is 19.7 Å². The van der Waals surface area contributed by atoms with Gasteiger partial charge >= 0.3 is 19.8 Å². The summed E-state index contributed by atoms with van der Waals surface area (Å²) in [6.45, 7) is 17.2. The van der Waals surface area contributed by atoms with Crippen LogP contribution in [0.3, 0.4) is 0 Å². The summed E-state index contributed by atoms with van der Waals surface area (Å²) in [4.78, 5) is 34.4. The highest BCUT2D eigenvalue weighted by atomic mass is 31.2. The van der Waals surface area contributed by atoms with E-state index in [9.17, 15) is 18.9 Å². The topological polar surface area (TPSA) is 114 Å². The smallest absolute Gasteiger partial charge is 0.462 e.